The Bertz CT molecular complexity index is 492. The molecule has 22 heavy (non-hydrogen) atoms. The van der Waals surface area contributed by atoms with E-state index in [0.29, 0.717) is 35.6 Å². The van der Waals surface area contributed by atoms with Crippen LogP contribution in [0.1, 0.15) is 62.7 Å². The van der Waals surface area contributed by atoms with Crippen molar-refractivity contribution in [2.24, 2.45) is 5.92 Å². The number of amides is 1. The lowest BCUT2D eigenvalue weighted by Gasteiger charge is -2.17. The molecule has 1 aliphatic carbocycles. The minimum absolute atomic E-state index is 0.0333. The summed E-state index contributed by atoms with van der Waals surface area (Å²) in [5.74, 6) is 1.06. The van der Waals surface area contributed by atoms with Crippen molar-refractivity contribution in [3.05, 3.63) is 23.8 Å². The second-order valence-electron chi connectivity index (χ2n) is 6.62. The van der Waals surface area contributed by atoms with Crippen LogP contribution in [0.5, 0.6) is 5.75 Å². The van der Waals surface area contributed by atoms with Gasteiger partial charge in [-0.25, -0.2) is 0 Å². The highest BCUT2D eigenvalue weighted by Crippen LogP contribution is 2.24. The predicted molar refractivity (Wildman–Crippen MR) is 90.1 cm³/mol. The first-order valence-corrected chi connectivity index (χ1v) is 8.39. The molecule has 1 aromatic rings. The number of carbonyl (C=O) groups excluding carboxylic acids is 1. The molecule has 0 aromatic heterocycles. The molecule has 0 atom stereocenters. The van der Waals surface area contributed by atoms with Gasteiger partial charge in [-0.05, 0) is 37.0 Å². The zero-order chi connectivity index (χ0) is 15.9. The Morgan fingerprint density at radius 1 is 1.27 bits per heavy atom. The maximum Gasteiger partial charge on any atom is 0.251 e. The first kappa shape index (κ1) is 16.7. The van der Waals surface area contributed by atoms with Crippen LogP contribution in [0.25, 0.3) is 0 Å². The number of benzene rings is 1. The smallest absolute Gasteiger partial charge is 0.251 e. The minimum atomic E-state index is -0.0333. The molecular weight excluding hydrogens is 276 g/mol. The zero-order valence-corrected chi connectivity index (χ0v) is 13.7. The van der Waals surface area contributed by atoms with Crippen molar-refractivity contribution in [2.75, 3.05) is 12.3 Å². The van der Waals surface area contributed by atoms with Gasteiger partial charge in [-0.3, -0.25) is 4.79 Å². The number of nitrogen functional groups attached to an aromatic ring is 1. The van der Waals surface area contributed by atoms with Crippen molar-refractivity contribution in [1.29, 1.82) is 0 Å². The van der Waals surface area contributed by atoms with E-state index in [1.807, 2.05) is 0 Å². The Hall–Kier alpha value is -1.71. The van der Waals surface area contributed by atoms with Gasteiger partial charge in [0.1, 0.15) is 5.75 Å². The van der Waals surface area contributed by atoms with E-state index < -0.39 is 0 Å². The number of nitrogens with one attached hydrogen (secondary N) is 1. The largest absolute Gasteiger partial charge is 0.491 e. The normalized spacial score (nSPS) is 16.3. The molecule has 0 spiro atoms. The van der Waals surface area contributed by atoms with Crippen molar-refractivity contribution in [3.63, 3.8) is 0 Å². The quantitative estimate of drug-likeness (QED) is 0.643. The van der Waals surface area contributed by atoms with E-state index in [0.717, 1.165) is 12.8 Å². The summed E-state index contributed by atoms with van der Waals surface area (Å²) in [6.45, 7) is 4.80. The van der Waals surface area contributed by atoms with E-state index in [4.69, 9.17) is 10.5 Å². The summed E-state index contributed by atoms with van der Waals surface area (Å²) in [6, 6.07) is 5.59. The van der Waals surface area contributed by atoms with Crippen LogP contribution in [0.4, 0.5) is 5.69 Å². The van der Waals surface area contributed by atoms with Gasteiger partial charge in [0.25, 0.3) is 5.91 Å². The average molecular weight is 304 g/mol. The highest BCUT2D eigenvalue weighted by Gasteiger charge is 2.16. The number of nitrogens with two attached hydrogens (primary N) is 1. The molecule has 0 radical (unpaired) electrons. The summed E-state index contributed by atoms with van der Waals surface area (Å²) < 4.78 is 5.64. The fourth-order valence-corrected chi connectivity index (χ4v) is 2.77. The maximum atomic E-state index is 12.3. The zero-order valence-electron chi connectivity index (χ0n) is 13.7. The SMILES string of the molecule is CC(C)COc1ccc(C(=O)NC2CCCCCC2)cc1N. The monoisotopic (exact) mass is 304 g/mol. The van der Waals surface area contributed by atoms with Crippen molar-refractivity contribution in [1.82, 2.24) is 5.32 Å². The maximum absolute atomic E-state index is 12.3. The van der Waals surface area contributed by atoms with Gasteiger partial charge in [0.2, 0.25) is 0 Å². The highest BCUT2D eigenvalue weighted by molar-refractivity contribution is 5.95. The van der Waals surface area contributed by atoms with Gasteiger partial charge in [-0.15, -0.1) is 0 Å². The molecule has 0 heterocycles. The van der Waals surface area contributed by atoms with Crippen LogP contribution in [-0.2, 0) is 0 Å². The van der Waals surface area contributed by atoms with E-state index in [-0.39, 0.29) is 5.91 Å². The molecule has 0 unspecified atom stereocenters. The molecule has 0 bridgehead atoms. The van der Waals surface area contributed by atoms with E-state index >= 15 is 0 Å². The third kappa shape index (κ3) is 4.93. The van der Waals surface area contributed by atoms with E-state index in [9.17, 15) is 4.79 Å². The van der Waals surface area contributed by atoms with Crippen LogP contribution < -0.4 is 15.8 Å². The van der Waals surface area contributed by atoms with Crippen LogP contribution in [0.2, 0.25) is 0 Å². The second kappa shape index (κ2) is 8.06. The fraction of sp³-hybridized carbons (Fsp3) is 0.611. The van der Waals surface area contributed by atoms with Crippen LogP contribution in [0.3, 0.4) is 0 Å². The summed E-state index contributed by atoms with van der Waals surface area (Å²) in [5, 5.41) is 3.14. The molecule has 2 rings (SSSR count). The molecule has 1 fully saturated rings. The third-order valence-corrected chi connectivity index (χ3v) is 4.03. The molecule has 1 aliphatic rings. The van der Waals surface area contributed by atoms with Gasteiger partial charge < -0.3 is 15.8 Å². The standard InChI is InChI=1S/C18H28N2O2/c1-13(2)12-22-17-10-9-14(11-16(17)19)18(21)20-15-7-5-3-4-6-8-15/h9-11,13,15H,3-8,12,19H2,1-2H3,(H,20,21). The summed E-state index contributed by atoms with van der Waals surface area (Å²) in [7, 11) is 0. The Morgan fingerprint density at radius 2 is 1.95 bits per heavy atom. The van der Waals surface area contributed by atoms with Crippen molar-refractivity contribution in [2.45, 2.75) is 58.4 Å². The van der Waals surface area contributed by atoms with Gasteiger partial charge in [0.15, 0.2) is 0 Å². The fourth-order valence-electron chi connectivity index (χ4n) is 2.77. The summed E-state index contributed by atoms with van der Waals surface area (Å²) in [4.78, 5) is 12.3. The van der Waals surface area contributed by atoms with E-state index in [2.05, 4.69) is 19.2 Å². The van der Waals surface area contributed by atoms with Crippen LogP contribution in [-0.4, -0.2) is 18.6 Å². The first-order valence-electron chi connectivity index (χ1n) is 8.39. The van der Waals surface area contributed by atoms with Crippen molar-refractivity contribution >= 4 is 11.6 Å². The van der Waals surface area contributed by atoms with Crippen molar-refractivity contribution < 1.29 is 9.53 Å². The van der Waals surface area contributed by atoms with E-state index in [1.54, 1.807) is 18.2 Å². The molecule has 3 N–H and O–H groups in total. The van der Waals surface area contributed by atoms with Gasteiger partial charge >= 0.3 is 0 Å². The Balaban J connectivity index is 1.96. The van der Waals surface area contributed by atoms with Gasteiger partial charge in [-0.1, -0.05) is 39.5 Å². The summed E-state index contributed by atoms with van der Waals surface area (Å²) >= 11 is 0. The Labute approximate surface area is 133 Å². The minimum Gasteiger partial charge on any atom is -0.491 e. The first-order chi connectivity index (χ1) is 10.6. The third-order valence-electron chi connectivity index (χ3n) is 4.03. The number of carbonyl (C=O) groups is 1. The average Bonchev–Trinajstić information content (AvgIpc) is 2.74. The number of anilines is 1. The van der Waals surface area contributed by atoms with Crippen LogP contribution >= 0.6 is 0 Å². The van der Waals surface area contributed by atoms with Gasteiger partial charge in [0, 0.05) is 11.6 Å². The second-order valence-corrected chi connectivity index (χ2v) is 6.62. The molecule has 0 aliphatic heterocycles. The predicted octanol–water partition coefficient (Wildman–Crippen LogP) is 3.76. The van der Waals surface area contributed by atoms with Gasteiger partial charge in [-0.2, -0.15) is 0 Å². The summed E-state index contributed by atoms with van der Waals surface area (Å²) in [6.07, 6.45) is 7.13. The number of hydrogen-bond donors (Lipinski definition) is 2. The lowest BCUT2D eigenvalue weighted by Crippen LogP contribution is -2.34. The topological polar surface area (TPSA) is 64.3 Å². The number of rotatable bonds is 5. The molecule has 0 saturated heterocycles. The molecule has 1 amide bonds. The molecule has 4 heteroatoms. The highest BCUT2D eigenvalue weighted by atomic mass is 16.5. The summed E-state index contributed by atoms with van der Waals surface area (Å²) in [5.41, 5.74) is 7.13. The Kier molecular flexibility index (Phi) is 6.10. The van der Waals surface area contributed by atoms with Crippen LogP contribution in [0, 0.1) is 5.92 Å². The Morgan fingerprint density at radius 3 is 2.55 bits per heavy atom. The molecule has 122 valence electrons. The van der Waals surface area contributed by atoms with Gasteiger partial charge in [0.05, 0.1) is 12.3 Å². The number of ether oxygens (including phenoxy) is 1. The lowest BCUT2D eigenvalue weighted by molar-refractivity contribution is 0.0933. The number of hydrogen-bond acceptors (Lipinski definition) is 3. The van der Waals surface area contributed by atoms with E-state index in [1.165, 1.54) is 25.7 Å². The molecule has 4 nitrogen and oxygen atoms in total. The lowest BCUT2D eigenvalue weighted by atomic mass is 10.1. The van der Waals surface area contributed by atoms with Crippen LogP contribution in [0.15, 0.2) is 18.2 Å². The molecule has 1 aromatic carbocycles. The molecule has 1 saturated carbocycles. The molecular formula is C18H28N2O2. The van der Waals surface area contributed by atoms with Crippen molar-refractivity contribution in [3.8, 4) is 5.75 Å².